The molecule has 1 N–H and O–H groups in total. The van der Waals surface area contributed by atoms with Crippen molar-refractivity contribution in [2.24, 2.45) is 0 Å². The highest BCUT2D eigenvalue weighted by molar-refractivity contribution is 5.18. The lowest BCUT2D eigenvalue weighted by atomic mass is 10.6. The van der Waals surface area contributed by atoms with E-state index in [1.54, 1.807) is 6.07 Å². The fourth-order valence-electron chi connectivity index (χ4n) is 0.738. The lowest BCUT2D eigenvalue weighted by Gasteiger charge is -1.94. The first-order valence-corrected chi connectivity index (χ1v) is 3.67. The van der Waals surface area contributed by atoms with Crippen LogP contribution >= 0.6 is 0 Å². The minimum atomic E-state index is 0.580. The van der Waals surface area contributed by atoms with Gasteiger partial charge in [0.05, 0.1) is 19.3 Å². The van der Waals surface area contributed by atoms with E-state index < -0.39 is 0 Å². The summed E-state index contributed by atoms with van der Waals surface area (Å²) < 4.78 is 10.2. The van der Waals surface area contributed by atoms with Crippen molar-refractivity contribution >= 4 is 0 Å². The molecule has 1 aromatic rings. The van der Waals surface area contributed by atoms with Gasteiger partial charge in [-0.2, -0.15) is 0 Å². The Morgan fingerprint density at radius 2 is 2.09 bits per heavy atom. The van der Waals surface area contributed by atoms with E-state index in [-0.39, 0.29) is 0 Å². The van der Waals surface area contributed by atoms with E-state index in [1.807, 2.05) is 13.8 Å². The molecule has 0 unspecified atom stereocenters. The van der Waals surface area contributed by atoms with Gasteiger partial charge in [0.1, 0.15) is 0 Å². The molecule has 1 heterocycles. The highest BCUT2D eigenvalue weighted by Crippen LogP contribution is 2.13. The molecule has 0 aliphatic heterocycles. The predicted molar refractivity (Wildman–Crippen MR) is 40.9 cm³/mol. The fraction of sp³-hybridized carbons (Fsp3) is 0.571. The molecule has 4 heteroatoms. The van der Waals surface area contributed by atoms with Gasteiger partial charge < -0.3 is 9.47 Å². The summed E-state index contributed by atoms with van der Waals surface area (Å²) >= 11 is 0. The van der Waals surface area contributed by atoms with Crippen LogP contribution in [0, 0.1) is 0 Å². The maximum atomic E-state index is 5.13. The Labute approximate surface area is 65.5 Å². The molecule has 0 aromatic carbocycles. The van der Waals surface area contributed by atoms with Crippen LogP contribution in [0.15, 0.2) is 6.07 Å². The monoisotopic (exact) mass is 156 g/mol. The van der Waals surface area contributed by atoms with E-state index in [0.717, 1.165) is 0 Å². The molecule has 62 valence electrons. The third kappa shape index (κ3) is 2.14. The van der Waals surface area contributed by atoms with Crippen LogP contribution in [0.5, 0.6) is 11.8 Å². The first-order chi connectivity index (χ1) is 5.36. The van der Waals surface area contributed by atoms with Crippen LogP contribution in [-0.2, 0) is 0 Å². The fourth-order valence-corrected chi connectivity index (χ4v) is 0.738. The standard InChI is InChI=1S/C7H12N2O2/c1-3-10-6-5-7(9-8-6)11-4-2/h5H,3-4H2,1-2H3,(H,8,9). The molecule has 11 heavy (non-hydrogen) atoms. The van der Waals surface area contributed by atoms with Crippen LogP contribution in [-0.4, -0.2) is 23.4 Å². The molecule has 0 saturated heterocycles. The van der Waals surface area contributed by atoms with Crippen molar-refractivity contribution < 1.29 is 9.47 Å². The SMILES string of the molecule is CCOc1cc(OCC)[nH]n1. The highest BCUT2D eigenvalue weighted by atomic mass is 16.5. The van der Waals surface area contributed by atoms with Gasteiger partial charge in [-0.25, -0.2) is 5.10 Å². The van der Waals surface area contributed by atoms with Crippen LogP contribution < -0.4 is 9.47 Å². The van der Waals surface area contributed by atoms with E-state index in [2.05, 4.69) is 10.2 Å². The second kappa shape index (κ2) is 3.85. The van der Waals surface area contributed by atoms with Crippen LogP contribution in [0.3, 0.4) is 0 Å². The molecule has 0 atom stereocenters. The van der Waals surface area contributed by atoms with E-state index in [0.29, 0.717) is 25.0 Å². The summed E-state index contributed by atoms with van der Waals surface area (Å²) in [6.07, 6.45) is 0. The normalized spacial score (nSPS) is 9.64. The maximum Gasteiger partial charge on any atom is 0.236 e. The van der Waals surface area contributed by atoms with Crippen molar-refractivity contribution in [2.45, 2.75) is 13.8 Å². The number of aromatic nitrogens is 2. The van der Waals surface area contributed by atoms with Crippen molar-refractivity contribution in [2.75, 3.05) is 13.2 Å². The minimum Gasteiger partial charge on any atom is -0.478 e. The topological polar surface area (TPSA) is 47.1 Å². The van der Waals surface area contributed by atoms with Gasteiger partial charge in [-0.1, -0.05) is 0 Å². The minimum absolute atomic E-state index is 0.580. The van der Waals surface area contributed by atoms with Crippen LogP contribution in [0.25, 0.3) is 0 Å². The molecule has 1 rings (SSSR count). The Kier molecular flexibility index (Phi) is 2.77. The number of nitrogens with one attached hydrogen (secondary N) is 1. The van der Waals surface area contributed by atoms with Gasteiger partial charge >= 0.3 is 0 Å². The lowest BCUT2D eigenvalue weighted by molar-refractivity contribution is 0.324. The summed E-state index contributed by atoms with van der Waals surface area (Å²) in [6.45, 7) is 5.08. The van der Waals surface area contributed by atoms with Crippen molar-refractivity contribution in [3.8, 4) is 11.8 Å². The number of H-pyrrole nitrogens is 1. The van der Waals surface area contributed by atoms with Gasteiger partial charge in [-0.05, 0) is 13.8 Å². The van der Waals surface area contributed by atoms with Gasteiger partial charge in [0.2, 0.25) is 11.8 Å². The lowest BCUT2D eigenvalue weighted by Crippen LogP contribution is -1.90. The smallest absolute Gasteiger partial charge is 0.236 e. The number of rotatable bonds is 4. The second-order valence-corrected chi connectivity index (χ2v) is 1.94. The molecule has 0 bridgehead atoms. The summed E-state index contributed by atoms with van der Waals surface area (Å²) in [5.74, 6) is 1.23. The van der Waals surface area contributed by atoms with Crippen LogP contribution in [0.4, 0.5) is 0 Å². The first kappa shape index (κ1) is 7.91. The molecule has 0 amide bonds. The molecule has 0 fully saturated rings. The molecule has 4 nitrogen and oxygen atoms in total. The average molecular weight is 156 g/mol. The van der Waals surface area contributed by atoms with Gasteiger partial charge in [-0.15, -0.1) is 5.10 Å². The van der Waals surface area contributed by atoms with Crippen LogP contribution in [0.2, 0.25) is 0 Å². The van der Waals surface area contributed by atoms with E-state index in [4.69, 9.17) is 9.47 Å². The Morgan fingerprint density at radius 3 is 2.73 bits per heavy atom. The molecule has 0 spiro atoms. The summed E-state index contributed by atoms with van der Waals surface area (Å²) in [5, 5.41) is 6.55. The predicted octanol–water partition coefficient (Wildman–Crippen LogP) is 1.21. The molecular formula is C7H12N2O2. The van der Waals surface area contributed by atoms with Gasteiger partial charge in [0.15, 0.2) is 0 Å². The molecule has 0 saturated carbocycles. The third-order valence-corrected chi connectivity index (χ3v) is 1.12. The van der Waals surface area contributed by atoms with Crippen molar-refractivity contribution in [1.82, 2.24) is 10.2 Å². The Hall–Kier alpha value is -1.19. The zero-order valence-corrected chi connectivity index (χ0v) is 6.76. The average Bonchev–Trinajstić information content (AvgIpc) is 2.38. The zero-order chi connectivity index (χ0) is 8.10. The zero-order valence-electron chi connectivity index (χ0n) is 6.76. The number of ether oxygens (including phenoxy) is 2. The molecule has 0 aliphatic rings. The summed E-state index contributed by atoms with van der Waals surface area (Å²) in [4.78, 5) is 0. The summed E-state index contributed by atoms with van der Waals surface area (Å²) in [6, 6.07) is 1.73. The van der Waals surface area contributed by atoms with Crippen molar-refractivity contribution in [1.29, 1.82) is 0 Å². The number of hydrogen-bond donors (Lipinski definition) is 1. The first-order valence-electron chi connectivity index (χ1n) is 3.67. The summed E-state index contributed by atoms with van der Waals surface area (Å²) in [7, 11) is 0. The largest absolute Gasteiger partial charge is 0.478 e. The second-order valence-electron chi connectivity index (χ2n) is 1.94. The highest BCUT2D eigenvalue weighted by Gasteiger charge is 1.99. The Balaban J connectivity index is 2.51. The molecule has 0 aliphatic carbocycles. The quantitative estimate of drug-likeness (QED) is 0.712. The third-order valence-electron chi connectivity index (χ3n) is 1.12. The van der Waals surface area contributed by atoms with Crippen LogP contribution in [0.1, 0.15) is 13.8 Å². The van der Waals surface area contributed by atoms with Gasteiger partial charge in [-0.3, -0.25) is 0 Å². The van der Waals surface area contributed by atoms with E-state index in [9.17, 15) is 0 Å². The maximum absolute atomic E-state index is 5.13. The van der Waals surface area contributed by atoms with Crippen molar-refractivity contribution in [3.05, 3.63) is 6.07 Å². The number of aromatic amines is 1. The van der Waals surface area contributed by atoms with Crippen molar-refractivity contribution in [3.63, 3.8) is 0 Å². The van der Waals surface area contributed by atoms with E-state index >= 15 is 0 Å². The molecule has 0 radical (unpaired) electrons. The van der Waals surface area contributed by atoms with Gasteiger partial charge in [0.25, 0.3) is 0 Å². The number of hydrogen-bond acceptors (Lipinski definition) is 3. The van der Waals surface area contributed by atoms with Gasteiger partial charge in [0, 0.05) is 0 Å². The Morgan fingerprint density at radius 1 is 1.36 bits per heavy atom. The molecular weight excluding hydrogens is 144 g/mol. The number of nitrogens with zero attached hydrogens (tertiary/aromatic N) is 1. The molecule has 1 aromatic heterocycles. The summed E-state index contributed by atoms with van der Waals surface area (Å²) in [5.41, 5.74) is 0. The van der Waals surface area contributed by atoms with E-state index in [1.165, 1.54) is 0 Å². The Bertz CT molecular complexity index is 189.